The Morgan fingerprint density at radius 3 is 2.61 bits per heavy atom. The molecule has 2 atom stereocenters. The first-order valence-corrected chi connectivity index (χ1v) is 11.0. The maximum absolute atomic E-state index is 14.8. The minimum Gasteiger partial charge on any atom is -0.486 e. The van der Waals surface area contributed by atoms with Crippen LogP contribution >= 0.6 is 23.1 Å². The quantitative estimate of drug-likeness (QED) is 0.395. The molecular formula is C20H20F4N2O3S2. The third-order valence-electron chi connectivity index (χ3n) is 4.37. The molecule has 1 aliphatic rings. The van der Waals surface area contributed by atoms with Crippen LogP contribution in [0.25, 0.3) is 10.1 Å². The zero-order valence-electron chi connectivity index (χ0n) is 17.0. The molecule has 0 spiro atoms. The second-order valence-electron chi connectivity index (χ2n) is 7.94. The normalized spacial score (nSPS) is 19.9. The number of rotatable bonds is 3. The van der Waals surface area contributed by atoms with Gasteiger partial charge in [0.05, 0.1) is 16.1 Å². The standard InChI is InChI=1S/C20H20F4N2O3S2/c1-19(2,3)29-18(27)26-8-7-13(12(21)10-26)28-14-6-4-5-11-16(14)30-15(9-25)17(11)31-20(22,23)24/h4-6,12-13H,7-8,10H2,1-3H3/t12-,13+/m0/s1. The van der Waals surface area contributed by atoms with E-state index in [1.165, 1.54) is 23.1 Å². The molecule has 3 rings (SSSR count). The molecule has 1 aromatic carbocycles. The Kier molecular flexibility index (Phi) is 6.62. The van der Waals surface area contributed by atoms with E-state index < -0.39 is 29.5 Å². The molecule has 1 saturated heterocycles. The summed E-state index contributed by atoms with van der Waals surface area (Å²) in [5.41, 5.74) is -5.25. The Bertz CT molecular complexity index is 1010. The zero-order valence-corrected chi connectivity index (χ0v) is 18.6. The molecule has 0 radical (unpaired) electrons. The molecular weight excluding hydrogens is 456 g/mol. The van der Waals surface area contributed by atoms with Crippen LogP contribution in [-0.2, 0) is 4.74 Å². The lowest BCUT2D eigenvalue weighted by Crippen LogP contribution is -2.50. The summed E-state index contributed by atoms with van der Waals surface area (Å²) >= 11 is 0.530. The van der Waals surface area contributed by atoms with Crippen LogP contribution in [0.2, 0.25) is 0 Å². The first-order chi connectivity index (χ1) is 14.4. The first-order valence-electron chi connectivity index (χ1n) is 9.38. The molecule has 31 heavy (non-hydrogen) atoms. The number of nitriles is 1. The van der Waals surface area contributed by atoms with Crippen LogP contribution in [0.1, 0.15) is 32.1 Å². The average molecular weight is 477 g/mol. The second-order valence-corrected chi connectivity index (χ2v) is 10.0. The molecule has 1 aromatic heterocycles. The monoisotopic (exact) mass is 476 g/mol. The zero-order chi connectivity index (χ0) is 23.0. The maximum Gasteiger partial charge on any atom is 0.446 e. The van der Waals surface area contributed by atoms with Gasteiger partial charge in [0.15, 0.2) is 6.17 Å². The van der Waals surface area contributed by atoms with Gasteiger partial charge >= 0.3 is 11.6 Å². The largest absolute Gasteiger partial charge is 0.486 e. The molecule has 0 N–H and O–H groups in total. The van der Waals surface area contributed by atoms with Crippen molar-refractivity contribution in [1.82, 2.24) is 4.90 Å². The van der Waals surface area contributed by atoms with Crippen LogP contribution in [-0.4, -0.2) is 47.5 Å². The van der Waals surface area contributed by atoms with Crippen molar-refractivity contribution >= 4 is 39.3 Å². The fraction of sp³-hybridized carbons (Fsp3) is 0.500. The lowest BCUT2D eigenvalue weighted by atomic mass is 10.1. The van der Waals surface area contributed by atoms with Gasteiger partial charge in [0.2, 0.25) is 0 Å². The number of fused-ring (bicyclic) bond motifs is 1. The van der Waals surface area contributed by atoms with E-state index in [4.69, 9.17) is 9.47 Å². The summed E-state index contributed by atoms with van der Waals surface area (Å²) < 4.78 is 65.0. The van der Waals surface area contributed by atoms with Crippen LogP contribution in [0.4, 0.5) is 22.4 Å². The van der Waals surface area contributed by atoms with Gasteiger partial charge in [-0.05, 0) is 38.6 Å². The van der Waals surface area contributed by atoms with E-state index in [0.29, 0.717) is 4.70 Å². The summed E-state index contributed by atoms with van der Waals surface area (Å²) in [5, 5.41) is 9.50. The van der Waals surface area contributed by atoms with E-state index >= 15 is 0 Å². The predicted molar refractivity (Wildman–Crippen MR) is 110 cm³/mol. The molecule has 1 aliphatic heterocycles. The van der Waals surface area contributed by atoms with E-state index in [1.54, 1.807) is 26.8 Å². The van der Waals surface area contributed by atoms with E-state index in [-0.39, 0.29) is 52.2 Å². The van der Waals surface area contributed by atoms with Crippen molar-refractivity contribution in [3.05, 3.63) is 23.1 Å². The van der Waals surface area contributed by atoms with Gasteiger partial charge in [0, 0.05) is 18.4 Å². The average Bonchev–Trinajstić information content (AvgIpc) is 2.99. The van der Waals surface area contributed by atoms with Gasteiger partial charge in [-0.25, -0.2) is 9.18 Å². The topological polar surface area (TPSA) is 62.6 Å². The molecule has 0 saturated carbocycles. The van der Waals surface area contributed by atoms with E-state index in [0.717, 1.165) is 11.3 Å². The van der Waals surface area contributed by atoms with Gasteiger partial charge in [-0.2, -0.15) is 18.4 Å². The maximum atomic E-state index is 14.8. The number of hydrogen-bond acceptors (Lipinski definition) is 6. The fourth-order valence-electron chi connectivity index (χ4n) is 3.13. The highest BCUT2D eigenvalue weighted by molar-refractivity contribution is 8.00. The minimum atomic E-state index is -4.55. The lowest BCUT2D eigenvalue weighted by molar-refractivity contribution is -0.0328. The number of carbonyl (C=O) groups is 1. The number of halogens is 4. The number of carbonyl (C=O) groups excluding carboxylic acids is 1. The molecule has 2 aromatic rings. The first kappa shape index (κ1) is 23.5. The van der Waals surface area contributed by atoms with Crippen molar-refractivity contribution in [3.8, 4) is 11.8 Å². The van der Waals surface area contributed by atoms with E-state index in [2.05, 4.69) is 0 Å². The number of hydrogen-bond donors (Lipinski definition) is 0. The second kappa shape index (κ2) is 8.74. The summed E-state index contributed by atoms with van der Waals surface area (Å²) in [7, 11) is 0. The number of piperidine rings is 1. The number of thiophene rings is 1. The van der Waals surface area contributed by atoms with Gasteiger partial charge in [0.25, 0.3) is 0 Å². The van der Waals surface area contributed by atoms with Gasteiger partial charge in [-0.15, -0.1) is 11.3 Å². The molecule has 1 amide bonds. The number of thioether (sulfide) groups is 1. The molecule has 168 valence electrons. The molecule has 0 unspecified atom stereocenters. The molecule has 1 fully saturated rings. The molecule has 2 heterocycles. The minimum absolute atomic E-state index is 0.0788. The number of benzene rings is 1. The molecule has 5 nitrogen and oxygen atoms in total. The number of likely N-dealkylation sites (tertiary alicyclic amines) is 1. The summed E-state index contributed by atoms with van der Waals surface area (Å²) in [4.78, 5) is 13.2. The highest BCUT2D eigenvalue weighted by atomic mass is 32.2. The van der Waals surface area contributed by atoms with Crippen molar-refractivity contribution in [1.29, 1.82) is 5.26 Å². The predicted octanol–water partition coefficient (Wildman–Crippen LogP) is 6.11. The Morgan fingerprint density at radius 1 is 1.32 bits per heavy atom. The Morgan fingerprint density at radius 2 is 2.03 bits per heavy atom. The highest BCUT2D eigenvalue weighted by Crippen LogP contribution is 2.47. The van der Waals surface area contributed by atoms with Crippen molar-refractivity contribution in [3.63, 3.8) is 0 Å². The van der Waals surface area contributed by atoms with Crippen LogP contribution < -0.4 is 4.74 Å². The fourth-order valence-corrected chi connectivity index (χ4v) is 5.04. The summed E-state index contributed by atoms with van der Waals surface area (Å²) in [6, 6.07) is 6.32. The van der Waals surface area contributed by atoms with Crippen molar-refractivity contribution in [2.75, 3.05) is 13.1 Å². The van der Waals surface area contributed by atoms with Gasteiger partial charge < -0.3 is 14.4 Å². The van der Waals surface area contributed by atoms with Crippen molar-refractivity contribution in [2.24, 2.45) is 0 Å². The lowest BCUT2D eigenvalue weighted by Gasteiger charge is -2.35. The summed E-state index contributed by atoms with van der Waals surface area (Å²) in [6.45, 7) is 5.17. The SMILES string of the molecule is CC(C)(C)OC(=O)N1CC[C@@H](Oc2cccc3c(SC(F)(F)F)c(C#N)sc23)[C@@H](F)C1. The smallest absolute Gasteiger partial charge is 0.446 e. The molecule has 0 aliphatic carbocycles. The van der Waals surface area contributed by atoms with E-state index in [1.807, 2.05) is 0 Å². The number of nitrogens with zero attached hydrogens (tertiary/aromatic N) is 2. The highest BCUT2D eigenvalue weighted by Gasteiger charge is 2.36. The Balaban J connectivity index is 1.79. The van der Waals surface area contributed by atoms with Crippen LogP contribution in [0.15, 0.2) is 23.1 Å². The third-order valence-corrected chi connectivity index (χ3v) is 6.48. The Labute approximate surface area is 184 Å². The van der Waals surface area contributed by atoms with Gasteiger partial charge in [-0.1, -0.05) is 12.1 Å². The van der Waals surface area contributed by atoms with Gasteiger partial charge in [0.1, 0.15) is 28.4 Å². The van der Waals surface area contributed by atoms with Crippen LogP contribution in [0, 0.1) is 11.3 Å². The number of amides is 1. The van der Waals surface area contributed by atoms with E-state index in [9.17, 15) is 27.6 Å². The number of ether oxygens (including phenoxy) is 2. The number of alkyl halides is 4. The summed E-state index contributed by atoms with van der Waals surface area (Å²) in [5.74, 6) is 0.214. The van der Waals surface area contributed by atoms with Crippen molar-refractivity contribution < 1.29 is 31.8 Å². The van der Waals surface area contributed by atoms with Crippen molar-refractivity contribution in [2.45, 2.75) is 55.5 Å². The molecule has 0 bridgehead atoms. The third kappa shape index (κ3) is 5.74. The van der Waals surface area contributed by atoms with Crippen LogP contribution in [0.5, 0.6) is 5.75 Å². The van der Waals surface area contributed by atoms with Crippen LogP contribution in [0.3, 0.4) is 0 Å². The molecule has 11 heteroatoms. The Hall–Kier alpha value is -2.19. The summed E-state index contributed by atoms with van der Waals surface area (Å²) in [6.07, 6.45) is -2.80. The van der Waals surface area contributed by atoms with Gasteiger partial charge in [-0.3, -0.25) is 0 Å².